The minimum atomic E-state index is -0.0675. The van der Waals surface area contributed by atoms with Crippen LogP contribution in [-0.4, -0.2) is 24.5 Å². The summed E-state index contributed by atoms with van der Waals surface area (Å²) in [7, 11) is 1.64. The molecule has 3 rings (SSSR count). The number of ether oxygens (including phenoxy) is 1. The molecule has 0 spiro atoms. The fourth-order valence-corrected chi connectivity index (χ4v) is 2.66. The van der Waals surface area contributed by atoms with Gasteiger partial charge in [0.25, 0.3) is 5.91 Å². The largest absolute Gasteiger partial charge is 0.497 e. The van der Waals surface area contributed by atoms with Crippen molar-refractivity contribution in [3.63, 3.8) is 0 Å². The summed E-state index contributed by atoms with van der Waals surface area (Å²) in [5.41, 5.74) is 3.18. The number of nitrogens with one attached hydrogen (secondary N) is 1. The quantitative estimate of drug-likeness (QED) is 0.757. The summed E-state index contributed by atoms with van der Waals surface area (Å²) in [6.07, 6.45) is 0. The first kappa shape index (κ1) is 17.0. The minimum absolute atomic E-state index is 0.0675. The summed E-state index contributed by atoms with van der Waals surface area (Å²) in [6.45, 7) is 4.80. The Labute approximate surface area is 147 Å². The van der Waals surface area contributed by atoms with E-state index in [2.05, 4.69) is 19.2 Å². The van der Waals surface area contributed by atoms with Crippen LogP contribution in [0.1, 0.15) is 24.2 Å². The molecule has 3 aromatic rings. The number of benzene rings is 2. The van der Waals surface area contributed by atoms with Crippen molar-refractivity contribution >= 4 is 16.8 Å². The van der Waals surface area contributed by atoms with Crippen molar-refractivity contribution < 1.29 is 9.53 Å². The summed E-state index contributed by atoms with van der Waals surface area (Å²) in [6, 6.07) is 17.3. The van der Waals surface area contributed by atoms with E-state index in [0.29, 0.717) is 18.0 Å². The third kappa shape index (κ3) is 3.79. The van der Waals surface area contributed by atoms with Crippen LogP contribution < -0.4 is 10.1 Å². The van der Waals surface area contributed by atoms with E-state index in [0.717, 1.165) is 27.9 Å². The minimum Gasteiger partial charge on any atom is -0.497 e. The van der Waals surface area contributed by atoms with Crippen molar-refractivity contribution in [3.05, 3.63) is 60.2 Å². The van der Waals surface area contributed by atoms with Crippen molar-refractivity contribution in [2.75, 3.05) is 13.7 Å². The number of aromatic nitrogens is 1. The monoisotopic (exact) mass is 334 g/mol. The van der Waals surface area contributed by atoms with Crippen LogP contribution in [0.25, 0.3) is 22.2 Å². The Bertz CT molecular complexity index is 886. The molecule has 1 heterocycles. The third-order valence-electron chi connectivity index (χ3n) is 4.02. The maximum absolute atomic E-state index is 12.7. The predicted octanol–water partition coefficient (Wildman–Crippen LogP) is 4.30. The molecule has 0 unspecified atom stereocenters. The number of hydrogen-bond donors (Lipinski definition) is 1. The van der Waals surface area contributed by atoms with E-state index >= 15 is 0 Å². The van der Waals surface area contributed by atoms with Gasteiger partial charge in [-0.3, -0.25) is 4.79 Å². The van der Waals surface area contributed by atoms with Gasteiger partial charge >= 0.3 is 0 Å². The highest BCUT2D eigenvalue weighted by molar-refractivity contribution is 6.07. The summed E-state index contributed by atoms with van der Waals surface area (Å²) < 4.78 is 5.21. The topological polar surface area (TPSA) is 51.2 Å². The molecule has 0 aliphatic heterocycles. The number of methoxy groups -OCH3 is 1. The zero-order chi connectivity index (χ0) is 17.8. The van der Waals surface area contributed by atoms with Crippen LogP contribution in [0.5, 0.6) is 5.75 Å². The Hall–Kier alpha value is -2.88. The van der Waals surface area contributed by atoms with Crippen LogP contribution in [0, 0.1) is 5.92 Å². The summed E-state index contributed by atoms with van der Waals surface area (Å²) in [4.78, 5) is 17.4. The zero-order valence-electron chi connectivity index (χ0n) is 14.7. The normalized spacial score (nSPS) is 10.9. The highest BCUT2D eigenvalue weighted by Gasteiger charge is 2.14. The third-order valence-corrected chi connectivity index (χ3v) is 4.02. The number of para-hydroxylation sites is 1. The van der Waals surface area contributed by atoms with Gasteiger partial charge in [0.1, 0.15) is 5.75 Å². The molecule has 0 saturated carbocycles. The highest BCUT2D eigenvalue weighted by atomic mass is 16.5. The van der Waals surface area contributed by atoms with Crippen LogP contribution in [0.3, 0.4) is 0 Å². The first-order valence-corrected chi connectivity index (χ1v) is 8.41. The number of nitrogens with zero attached hydrogens (tertiary/aromatic N) is 1. The lowest BCUT2D eigenvalue weighted by Crippen LogP contribution is -2.27. The smallest absolute Gasteiger partial charge is 0.252 e. The molecule has 0 saturated heterocycles. The maximum Gasteiger partial charge on any atom is 0.252 e. The molecular weight excluding hydrogens is 312 g/mol. The first-order valence-electron chi connectivity index (χ1n) is 8.41. The van der Waals surface area contributed by atoms with Gasteiger partial charge in [0, 0.05) is 17.5 Å². The Morgan fingerprint density at radius 2 is 1.84 bits per heavy atom. The van der Waals surface area contributed by atoms with Gasteiger partial charge in [-0.15, -0.1) is 0 Å². The predicted molar refractivity (Wildman–Crippen MR) is 101 cm³/mol. The zero-order valence-corrected chi connectivity index (χ0v) is 14.7. The molecule has 0 bridgehead atoms. The molecule has 2 aromatic carbocycles. The van der Waals surface area contributed by atoms with E-state index in [-0.39, 0.29) is 5.91 Å². The van der Waals surface area contributed by atoms with Crippen LogP contribution in [0.4, 0.5) is 0 Å². The van der Waals surface area contributed by atoms with Gasteiger partial charge in [0.15, 0.2) is 0 Å². The van der Waals surface area contributed by atoms with E-state index in [4.69, 9.17) is 9.72 Å². The molecule has 128 valence electrons. The molecule has 1 aromatic heterocycles. The maximum atomic E-state index is 12.7. The number of pyridine rings is 1. The Balaban J connectivity index is 2.06. The fraction of sp³-hybridized carbons (Fsp3) is 0.238. The Morgan fingerprint density at radius 1 is 1.12 bits per heavy atom. The van der Waals surface area contributed by atoms with Crippen molar-refractivity contribution in [3.8, 4) is 17.0 Å². The van der Waals surface area contributed by atoms with Gasteiger partial charge in [0.2, 0.25) is 0 Å². The SMILES string of the molecule is COc1ccc(-c2cc(C(=O)NCC(C)C)c3ccccc3n2)cc1. The van der Waals surface area contributed by atoms with Gasteiger partial charge in [-0.25, -0.2) is 4.98 Å². The van der Waals surface area contributed by atoms with Gasteiger partial charge < -0.3 is 10.1 Å². The van der Waals surface area contributed by atoms with Crippen LogP contribution >= 0.6 is 0 Å². The average Bonchev–Trinajstić information content (AvgIpc) is 2.65. The van der Waals surface area contributed by atoms with E-state index < -0.39 is 0 Å². The molecule has 1 amide bonds. The highest BCUT2D eigenvalue weighted by Crippen LogP contribution is 2.26. The molecule has 0 radical (unpaired) electrons. The lowest BCUT2D eigenvalue weighted by molar-refractivity contribution is 0.0950. The van der Waals surface area contributed by atoms with Crippen LogP contribution in [0.15, 0.2) is 54.6 Å². The summed E-state index contributed by atoms with van der Waals surface area (Å²) >= 11 is 0. The van der Waals surface area contributed by atoms with Gasteiger partial charge in [0.05, 0.1) is 23.9 Å². The number of hydrogen-bond acceptors (Lipinski definition) is 3. The number of rotatable bonds is 5. The molecule has 0 fully saturated rings. The van der Waals surface area contributed by atoms with Crippen molar-refractivity contribution in [2.24, 2.45) is 5.92 Å². The molecule has 25 heavy (non-hydrogen) atoms. The van der Waals surface area contributed by atoms with E-state index in [9.17, 15) is 4.79 Å². The van der Waals surface area contributed by atoms with Gasteiger partial charge in [-0.1, -0.05) is 32.0 Å². The number of carbonyl (C=O) groups is 1. The lowest BCUT2D eigenvalue weighted by atomic mass is 10.0. The second-order valence-corrected chi connectivity index (χ2v) is 6.40. The summed E-state index contributed by atoms with van der Waals surface area (Å²) in [5.74, 6) is 1.12. The van der Waals surface area contributed by atoms with Crippen LogP contribution in [-0.2, 0) is 0 Å². The van der Waals surface area contributed by atoms with Crippen molar-refractivity contribution in [1.29, 1.82) is 0 Å². The number of fused-ring (bicyclic) bond motifs is 1. The average molecular weight is 334 g/mol. The van der Waals surface area contributed by atoms with E-state index in [1.165, 1.54) is 0 Å². The molecule has 4 heteroatoms. The molecular formula is C21H22N2O2. The summed E-state index contributed by atoms with van der Waals surface area (Å²) in [5, 5.41) is 3.86. The molecule has 4 nitrogen and oxygen atoms in total. The standard InChI is InChI=1S/C21H22N2O2/c1-14(2)13-22-21(24)18-12-20(15-8-10-16(25-3)11-9-15)23-19-7-5-4-6-17(18)19/h4-12,14H,13H2,1-3H3,(H,22,24). The molecule has 0 aliphatic carbocycles. The van der Waals surface area contributed by atoms with E-state index in [1.54, 1.807) is 7.11 Å². The van der Waals surface area contributed by atoms with E-state index in [1.807, 2.05) is 54.6 Å². The fourth-order valence-electron chi connectivity index (χ4n) is 2.66. The van der Waals surface area contributed by atoms with Crippen molar-refractivity contribution in [1.82, 2.24) is 10.3 Å². The molecule has 0 atom stereocenters. The second-order valence-electron chi connectivity index (χ2n) is 6.40. The van der Waals surface area contributed by atoms with Crippen LogP contribution in [0.2, 0.25) is 0 Å². The number of carbonyl (C=O) groups excluding carboxylic acids is 1. The van der Waals surface area contributed by atoms with Gasteiger partial charge in [-0.2, -0.15) is 0 Å². The molecule has 1 N–H and O–H groups in total. The Morgan fingerprint density at radius 3 is 2.52 bits per heavy atom. The lowest BCUT2D eigenvalue weighted by Gasteiger charge is -2.12. The first-order chi connectivity index (χ1) is 12.1. The second kappa shape index (κ2) is 7.34. The van der Waals surface area contributed by atoms with Gasteiger partial charge in [-0.05, 0) is 42.3 Å². The number of amides is 1. The van der Waals surface area contributed by atoms with Crippen molar-refractivity contribution in [2.45, 2.75) is 13.8 Å². The molecule has 0 aliphatic rings. The Kier molecular flexibility index (Phi) is 4.98.